The van der Waals surface area contributed by atoms with E-state index >= 15 is 0 Å². The normalized spacial score (nSPS) is 16.2. The van der Waals surface area contributed by atoms with Gasteiger partial charge < -0.3 is 15.4 Å². The topological polar surface area (TPSA) is 58.5 Å². The maximum atomic E-state index is 5.73. The molecule has 1 unspecified atom stereocenters. The van der Waals surface area contributed by atoms with Gasteiger partial charge in [0.05, 0.1) is 18.8 Å². The minimum absolute atomic E-state index is 0. The van der Waals surface area contributed by atoms with Crippen LogP contribution in [0.4, 0.5) is 0 Å². The van der Waals surface area contributed by atoms with Crippen molar-refractivity contribution in [2.45, 2.75) is 25.8 Å². The van der Waals surface area contributed by atoms with E-state index < -0.39 is 0 Å². The van der Waals surface area contributed by atoms with Gasteiger partial charge in [-0.2, -0.15) is 0 Å². The van der Waals surface area contributed by atoms with Crippen LogP contribution in [0, 0.1) is 0 Å². The number of rotatable bonds is 5. The highest BCUT2D eigenvalue weighted by atomic mass is 127. The number of ether oxygens (including phenoxy) is 1. The fraction of sp³-hybridized carbons (Fsp3) is 0.368. The number of aliphatic imine (C=N–C) groups is 1. The Labute approximate surface area is 166 Å². The molecule has 1 aromatic carbocycles. The molecule has 0 amide bonds. The summed E-state index contributed by atoms with van der Waals surface area (Å²) < 4.78 is 5.73. The van der Waals surface area contributed by atoms with Gasteiger partial charge in [0.1, 0.15) is 5.75 Å². The van der Waals surface area contributed by atoms with Crippen molar-refractivity contribution in [1.82, 2.24) is 15.6 Å². The van der Waals surface area contributed by atoms with E-state index in [2.05, 4.69) is 39.7 Å². The van der Waals surface area contributed by atoms with Crippen LogP contribution in [-0.4, -0.2) is 30.6 Å². The van der Waals surface area contributed by atoms with Gasteiger partial charge in [-0.05, 0) is 37.1 Å². The molecule has 2 N–H and O–H groups in total. The van der Waals surface area contributed by atoms with Crippen LogP contribution in [0.1, 0.15) is 30.5 Å². The van der Waals surface area contributed by atoms with Crippen LogP contribution in [0.5, 0.6) is 5.75 Å². The zero-order valence-electron chi connectivity index (χ0n) is 14.4. The Morgan fingerprint density at radius 3 is 2.84 bits per heavy atom. The van der Waals surface area contributed by atoms with Crippen molar-refractivity contribution in [2.24, 2.45) is 4.99 Å². The fourth-order valence-electron chi connectivity index (χ4n) is 2.84. The highest BCUT2D eigenvalue weighted by Crippen LogP contribution is 2.32. The highest BCUT2D eigenvalue weighted by molar-refractivity contribution is 14.0. The van der Waals surface area contributed by atoms with Crippen LogP contribution in [0.25, 0.3) is 0 Å². The lowest BCUT2D eigenvalue weighted by molar-refractivity contribution is 0.267. The molecule has 6 heteroatoms. The lowest BCUT2D eigenvalue weighted by atomic mass is 9.93. The van der Waals surface area contributed by atoms with Gasteiger partial charge in [-0.1, -0.05) is 24.3 Å². The first kappa shape index (κ1) is 19.5. The van der Waals surface area contributed by atoms with E-state index in [0.29, 0.717) is 12.5 Å². The third-order valence-corrected chi connectivity index (χ3v) is 4.07. The van der Waals surface area contributed by atoms with Gasteiger partial charge in [0.25, 0.3) is 0 Å². The molecule has 0 bridgehead atoms. The van der Waals surface area contributed by atoms with Gasteiger partial charge in [-0.25, -0.2) is 4.99 Å². The number of halogens is 1. The number of benzene rings is 1. The van der Waals surface area contributed by atoms with Crippen LogP contribution in [-0.2, 0) is 6.54 Å². The average molecular weight is 452 g/mol. The summed E-state index contributed by atoms with van der Waals surface area (Å²) in [6, 6.07) is 14.2. The number of pyridine rings is 1. The van der Waals surface area contributed by atoms with E-state index in [9.17, 15) is 0 Å². The quantitative estimate of drug-likeness (QED) is 0.415. The molecule has 0 spiro atoms. The number of hydrogen-bond acceptors (Lipinski definition) is 3. The van der Waals surface area contributed by atoms with Crippen LogP contribution in [0.2, 0.25) is 0 Å². The SMILES string of the molecule is CCNC(=NCc1ccccn1)NCC1CCOc2ccccc21.I. The molecule has 134 valence electrons. The van der Waals surface area contributed by atoms with Gasteiger partial charge in [-0.3, -0.25) is 4.98 Å². The van der Waals surface area contributed by atoms with Crippen molar-refractivity contribution in [3.8, 4) is 5.75 Å². The number of fused-ring (bicyclic) bond motifs is 1. The molecule has 25 heavy (non-hydrogen) atoms. The highest BCUT2D eigenvalue weighted by Gasteiger charge is 2.20. The first-order valence-electron chi connectivity index (χ1n) is 8.50. The van der Waals surface area contributed by atoms with Gasteiger partial charge in [0, 0.05) is 25.2 Å². The van der Waals surface area contributed by atoms with E-state index in [-0.39, 0.29) is 24.0 Å². The van der Waals surface area contributed by atoms with E-state index in [1.54, 1.807) is 6.20 Å². The molecule has 2 heterocycles. The smallest absolute Gasteiger partial charge is 0.191 e. The first-order chi connectivity index (χ1) is 11.9. The zero-order chi connectivity index (χ0) is 16.6. The number of aromatic nitrogens is 1. The summed E-state index contributed by atoms with van der Waals surface area (Å²) in [5.41, 5.74) is 2.24. The minimum atomic E-state index is 0. The van der Waals surface area contributed by atoms with Gasteiger partial charge in [0.2, 0.25) is 0 Å². The number of hydrogen-bond donors (Lipinski definition) is 2. The lowest BCUT2D eigenvalue weighted by Crippen LogP contribution is -2.40. The van der Waals surface area contributed by atoms with Crippen molar-refractivity contribution >= 4 is 29.9 Å². The molecule has 0 aliphatic carbocycles. The van der Waals surface area contributed by atoms with E-state index in [0.717, 1.165) is 43.5 Å². The maximum Gasteiger partial charge on any atom is 0.191 e. The molecule has 1 aliphatic rings. The van der Waals surface area contributed by atoms with Crippen LogP contribution in [0.3, 0.4) is 0 Å². The van der Waals surface area contributed by atoms with Gasteiger partial charge in [-0.15, -0.1) is 24.0 Å². The fourth-order valence-corrected chi connectivity index (χ4v) is 2.84. The molecule has 1 aliphatic heterocycles. The van der Waals surface area contributed by atoms with Crippen LogP contribution >= 0.6 is 24.0 Å². The van der Waals surface area contributed by atoms with E-state index in [1.807, 2.05) is 30.3 Å². The Morgan fingerprint density at radius 2 is 2.04 bits per heavy atom. The van der Waals surface area contributed by atoms with Gasteiger partial charge in [0.15, 0.2) is 5.96 Å². The maximum absolute atomic E-state index is 5.73. The molecule has 0 saturated carbocycles. The molecular weight excluding hydrogens is 427 g/mol. The standard InChI is InChI=1S/C19H24N4O.HI/c1-2-20-19(23-14-16-7-5-6-11-21-16)22-13-15-10-12-24-18-9-4-3-8-17(15)18;/h3-9,11,15H,2,10,12-14H2,1H3,(H2,20,22,23);1H. The third-order valence-electron chi connectivity index (χ3n) is 4.07. The molecule has 0 fully saturated rings. The van der Waals surface area contributed by atoms with Crippen molar-refractivity contribution in [3.63, 3.8) is 0 Å². The molecule has 0 saturated heterocycles. The van der Waals surface area contributed by atoms with Crippen LogP contribution < -0.4 is 15.4 Å². The predicted molar refractivity (Wildman–Crippen MR) is 112 cm³/mol. The van der Waals surface area contributed by atoms with E-state index in [1.165, 1.54) is 5.56 Å². The Balaban J connectivity index is 0.00000225. The third kappa shape index (κ3) is 5.59. The average Bonchev–Trinajstić information content (AvgIpc) is 2.65. The number of nitrogens with zero attached hydrogens (tertiary/aromatic N) is 2. The summed E-state index contributed by atoms with van der Waals surface area (Å²) in [6.45, 7) is 5.08. The number of nitrogens with one attached hydrogen (secondary N) is 2. The molecule has 3 rings (SSSR count). The predicted octanol–water partition coefficient (Wildman–Crippen LogP) is 3.32. The number of guanidine groups is 1. The second-order valence-electron chi connectivity index (χ2n) is 5.77. The summed E-state index contributed by atoms with van der Waals surface area (Å²) >= 11 is 0. The summed E-state index contributed by atoms with van der Waals surface area (Å²) in [5, 5.41) is 6.75. The van der Waals surface area contributed by atoms with Crippen molar-refractivity contribution in [3.05, 3.63) is 59.9 Å². The van der Waals surface area contributed by atoms with Gasteiger partial charge >= 0.3 is 0 Å². The molecular formula is C19H25IN4O. The minimum Gasteiger partial charge on any atom is -0.493 e. The molecule has 5 nitrogen and oxygen atoms in total. The molecule has 1 atom stereocenters. The molecule has 2 aromatic rings. The Kier molecular flexibility index (Phi) is 7.97. The molecule has 0 radical (unpaired) electrons. The second-order valence-corrected chi connectivity index (χ2v) is 5.77. The largest absolute Gasteiger partial charge is 0.493 e. The van der Waals surface area contributed by atoms with E-state index in [4.69, 9.17) is 4.74 Å². The first-order valence-corrected chi connectivity index (χ1v) is 8.50. The lowest BCUT2D eigenvalue weighted by Gasteiger charge is -2.26. The Bertz CT molecular complexity index is 678. The van der Waals surface area contributed by atoms with Crippen molar-refractivity contribution in [2.75, 3.05) is 19.7 Å². The monoisotopic (exact) mass is 452 g/mol. The zero-order valence-corrected chi connectivity index (χ0v) is 16.8. The summed E-state index contributed by atoms with van der Waals surface area (Å²) in [4.78, 5) is 8.94. The van der Waals surface area contributed by atoms with Crippen LogP contribution in [0.15, 0.2) is 53.7 Å². The van der Waals surface area contributed by atoms with Crippen molar-refractivity contribution < 1.29 is 4.74 Å². The molecule has 1 aromatic heterocycles. The Hall–Kier alpha value is -1.83. The summed E-state index contributed by atoms with van der Waals surface area (Å²) in [7, 11) is 0. The summed E-state index contributed by atoms with van der Waals surface area (Å²) in [6.07, 6.45) is 2.81. The summed E-state index contributed by atoms with van der Waals surface area (Å²) in [5.74, 6) is 2.27. The van der Waals surface area contributed by atoms with Crippen molar-refractivity contribution in [1.29, 1.82) is 0 Å². The second kappa shape index (κ2) is 10.2. The Morgan fingerprint density at radius 1 is 1.20 bits per heavy atom. The number of para-hydroxylation sites is 1.